The lowest BCUT2D eigenvalue weighted by Gasteiger charge is -2.35. The largest absolute Gasteiger partial charge is 0.529 e. The number of hydrogen-bond donors (Lipinski definition) is 0. The molecule has 0 aliphatic heterocycles. The highest BCUT2D eigenvalue weighted by Gasteiger charge is 2.39. The molecule has 0 radical (unpaired) electrons. The summed E-state index contributed by atoms with van der Waals surface area (Å²) in [6.45, 7) is 14.1. The van der Waals surface area contributed by atoms with E-state index in [-0.39, 0.29) is 17.0 Å². The van der Waals surface area contributed by atoms with E-state index in [1.165, 1.54) is 6.40 Å². The van der Waals surface area contributed by atoms with Crippen LogP contribution >= 0.6 is 0 Å². The summed E-state index contributed by atoms with van der Waals surface area (Å²) in [5.74, 6) is -0.0164. The molecule has 0 aromatic carbocycles. The van der Waals surface area contributed by atoms with Crippen LogP contribution < -0.4 is 0 Å². The van der Waals surface area contributed by atoms with Gasteiger partial charge in [-0.25, -0.2) is 4.39 Å². The van der Waals surface area contributed by atoms with E-state index in [1.807, 2.05) is 26.9 Å². The quantitative estimate of drug-likeness (QED) is 0.321. The first kappa shape index (κ1) is 16.2. The van der Waals surface area contributed by atoms with Crippen LogP contribution in [0.25, 0.3) is 0 Å². The van der Waals surface area contributed by atoms with E-state index in [0.717, 1.165) is 0 Å². The molecule has 0 aliphatic carbocycles. The van der Waals surface area contributed by atoms with Gasteiger partial charge in [0.05, 0.1) is 6.10 Å². The third-order valence-electron chi connectivity index (χ3n) is 2.77. The lowest BCUT2D eigenvalue weighted by molar-refractivity contribution is 0.239. The molecule has 0 aliphatic rings. The van der Waals surface area contributed by atoms with Crippen molar-refractivity contribution in [3.63, 3.8) is 0 Å². The molecule has 3 nitrogen and oxygen atoms in total. The lowest BCUT2D eigenvalue weighted by Crippen LogP contribution is -2.40. The summed E-state index contributed by atoms with van der Waals surface area (Å²) in [5.41, 5.74) is 0. The fourth-order valence-corrected chi connectivity index (χ4v) is 1.62. The first-order valence-electron chi connectivity index (χ1n) is 5.77. The highest BCUT2D eigenvalue weighted by molar-refractivity contribution is 6.74. The second-order valence-corrected chi connectivity index (χ2v) is 10.5. The average Bonchev–Trinajstić information content (AvgIpc) is 2.13. The van der Waals surface area contributed by atoms with Crippen LogP contribution in [0.1, 0.15) is 34.6 Å². The van der Waals surface area contributed by atoms with Crippen molar-refractivity contribution in [2.45, 2.75) is 58.9 Å². The number of rotatable bonds is 5. The van der Waals surface area contributed by atoms with E-state index >= 15 is 0 Å². The number of nitrogens with zero attached hydrogens (tertiary/aromatic N) is 1. The zero-order valence-corrected chi connectivity index (χ0v) is 12.9. The SMILES string of the molecule is CC(C)O/C=N/C(=C\F)O[Si](C)(C)C(C)(C)C. The molecule has 0 aromatic heterocycles. The minimum absolute atomic E-state index is 0.00961. The Kier molecular flexibility index (Phi) is 5.88. The third kappa shape index (κ3) is 5.86. The molecule has 0 fully saturated rings. The number of hydrogen-bond acceptors (Lipinski definition) is 3. The van der Waals surface area contributed by atoms with Crippen molar-refractivity contribution in [1.29, 1.82) is 0 Å². The van der Waals surface area contributed by atoms with Gasteiger partial charge in [0.15, 0.2) is 6.40 Å². The Morgan fingerprint density at radius 1 is 1.29 bits per heavy atom. The summed E-state index contributed by atoms with van der Waals surface area (Å²) in [5, 5.41) is 0.00961. The summed E-state index contributed by atoms with van der Waals surface area (Å²) in [6, 6.07) is 0. The molecular formula is C12H24FNO2Si. The van der Waals surface area contributed by atoms with Crippen LogP contribution in [0.2, 0.25) is 18.1 Å². The van der Waals surface area contributed by atoms with E-state index in [0.29, 0.717) is 6.33 Å². The monoisotopic (exact) mass is 261 g/mol. The second kappa shape index (κ2) is 6.19. The minimum atomic E-state index is -2.04. The number of halogens is 1. The molecule has 0 saturated carbocycles. The van der Waals surface area contributed by atoms with E-state index in [1.54, 1.807) is 0 Å². The number of aliphatic imine (C=N–C) groups is 1. The molecular weight excluding hydrogens is 237 g/mol. The lowest BCUT2D eigenvalue weighted by atomic mass is 10.2. The molecule has 0 unspecified atom stereocenters. The molecule has 17 heavy (non-hydrogen) atoms. The Balaban J connectivity index is 4.58. The van der Waals surface area contributed by atoms with E-state index < -0.39 is 8.32 Å². The summed E-state index contributed by atoms with van der Waals surface area (Å²) < 4.78 is 23.5. The first-order chi connectivity index (χ1) is 7.60. The smallest absolute Gasteiger partial charge is 0.252 e. The number of ether oxygens (including phenoxy) is 1. The molecule has 0 heterocycles. The topological polar surface area (TPSA) is 30.8 Å². The zero-order chi connectivity index (χ0) is 13.7. The van der Waals surface area contributed by atoms with Gasteiger partial charge in [-0.3, -0.25) is 0 Å². The molecule has 0 saturated heterocycles. The van der Waals surface area contributed by atoms with E-state index in [2.05, 4.69) is 25.8 Å². The fraction of sp³-hybridized carbons (Fsp3) is 0.750. The Labute approximate surface area is 105 Å². The van der Waals surface area contributed by atoms with Crippen molar-refractivity contribution >= 4 is 14.7 Å². The molecule has 0 amide bonds. The predicted molar refractivity (Wildman–Crippen MR) is 72.2 cm³/mol. The minimum Gasteiger partial charge on any atom is -0.529 e. The standard InChI is InChI=1S/C12H24FNO2Si/c1-10(2)15-9-14-11(8-13)16-17(6,7)12(3,4)5/h8-10H,1-7H3/b11-8+,14-9+. The van der Waals surface area contributed by atoms with Gasteiger partial charge in [0.25, 0.3) is 8.32 Å². The first-order valence-corrected chi connectivity index (χ1v) is 8.68. The van der Waals surface area contributed by atoms with Crippen molar-refractivity contribution in [2.24, 2.45) is 4.99 Å². The maximum absolute atomic E-state index is 12.7. The molecule has 0 spiro atoms. The summed E-state index contributed by atoms with van der Waals surface area (Å²) in [4.78, 5) is 3.83. The van der Waals surface area contributed by atoms with Crippen LogP contribution in [-0.2, 0) is 9.16 Å². The Hall–Kier alpha value is -0.843. The molecule has 5 heteroatoms. The van der Waals surface area contributed by atoms with Crippen LogP contribution in [0, 0.1) is 0 Å². The maximum Gasteiger partial charge on any atom is 0.252 e. The maximum atomic E-state index is 12.7. The van der Waals surface area contributed by atoms with Gasteiger partial charge in [-0.15, -0.1) is 0 Å². The van der Waals surface area contributed by atoms with Crippen LogP contribution in [0.15, 0.2) is 17.2 Å². The van der Waals surface area contributed by atoms with Gasteiger partial charge >= 0.3 is 0 Å². The molecule has 0 N–H and O–H groups in total. The van der Waals surface area contributed by atoms with Crippen LogP contribution in [-0.4, -0.2) is 20.8 Å². The van der Waals surface area contributed by atoms with Crippen molar-refractivity contribution in [3.8, 4) is 0 Å². The zero-order valence-electron chi connectivity index (χ0n) is 11.9. The Bertz CT molecular complexity index is 293. The Morgan fingerprint density at radius 2 is 1.82 bits per heavy atom. The van der Waals surface area contributed by atoms with Gasteiger partial charge in [-0.05, 0) is 32.0 Å². The molecule has 0 atom stereocenters. The molecule has 0 bridgehead atoms. The highest BCUT2D eigenvalue weighted by atomic mass is 28.4. The fourth-order valence-electron chi connectivity index (χ4n) is 0.695. The Morgan fingerprint density at radius 3 is 2.18 bits per heavy atom. The third-order valence-corrected chi connectivity index (χ3v) is 7.10. The van der Waals surface area contributed by atoms with Gasteiger partial charge in [-0.2, -0.15) is 4.99 Å². The van der Waals surface area contributed by atoms with E-state index in [9.17, 15) is 4.39 Å². The van der Waals surface area contributed by atoms with Gasteiger partial charge in [-0.1, -0.05) is 20.8 Å². The summed E-state index contributed by atoms with van der Waals surface area (Å²) in [7, 11) is -2.04. The molecule has 0 rings (SSSR count). The predicted octanol–water partition coefficient (Wildman–Crippen LogP) is 4.23. The highest BCUT2D eigenvalue weighted by Crippen LogP contribution is 2.37. The van der Waals surface area contributed by atoms with Crippen molar-refractivity contribution < 1.29 is 13.6 Å². The summed E-state index contributed by atoms with van der Waals surface area (Å²) in [6.07, 6.45) is 1.62. The molecule has 0 aromatic rings. The summed E-state index contributed by atoms with van der Waals surface area (Å²) >= 11 is 0. The van der Waals surface area contributed by atoms with Gasteiger partial charge in [0.1, 0.15) is 6.33 Å². The molecule has 100 valence electrons. The van der Waals surface area contributed by atoms with Crippen molar-refractivity contribution in [1.82, 2.24) is 0 Å². The van der Waals surface area contributed by atoms with Crippen molar-refractivity contribution in [2.75, 3.05) is 0 Å². The van der Waals surface area contributed by atoms with Crippen LogP contribution in [0.5, 0.6) is 0 Å². The van der Waals surface area contributed by atoms with Crippen molar-refractivity contribution in [3.05, 3.63) is 12.2 Å². The normalized spacial score (nSPS) is 14.5. The van der Waals surface area contributed by atoms with Gasteiger partial charge in [0, 0.05) is 0 Å². The average molecular weight is 261 g/mol. The van der Waals surface area contributed by atoms with Crippen LogP contribution in [0.4, 0.5) is 4.39 Å². The van der Waals surface area contributed by atoms with Gasteiger partial charge < -0.3 is 9.16 Å². The van der Waals surface area contributed by atoms with E-state index in [4.69, 9.17) is 9.16 Å². The second-order valence-electron chi connectivity index (χ2n) is 5.73. The van der Waals surface area contributed by atoms with Crippen LogP contribution in [0.3, 0.4) is 0 Å². The van der Waals surface area contributed by atoms with Gasteiger partial charge in [0.2, 0.25) is 5.88 Å².